The van der Waals surface area contributed by atoms with Crippen molar-refractivity contribution in [1.29, 1.82) is 0 Å². The van der Waals surface area contributed by atoms with Crippen molar-refractivity contribution in [3.63, 3.8) is 0 Å². The van der Waals surface area contributed by atoms with Crippen molar-refractivity contribution in [1.82, 2.24) is 4.98 Å². The summed E-state index contributed by atoms with van der Waals surface area (Å²) >= 11 is 0. The van der Waals surface area contributed by atoms with Crippen molar-refractivity contribution < 1.29 is 4.39 Å². The molecule has 0 bridgehead atoms. The van der Waals surface area contributed by atoms with Gasteiger partial charge in [-0.25, -0.2) is 9.37 Å². The molecule has 0 amide bonds. The number of hydrogen-bond donors (Lipinski definition) is 1. The summed E-state index contributed by atoms with van der Waals surface area (Å²) in [5, 5.41) is 3.34. The molecule has 0 atom stereocenters. The molecule has 0 aliphatic heterocycles. The molecule has 1 aromatic heterocycles. The highest BCUT2D eigenvalue weighted by atomic mass is 19.1. The lowest BCUT2D eigenvalue weighted by Crippen LogP contribution is -2.10. The maximum Gasteiger partial charge on any atom is 0.127 e. The Morgan fingerprint density at radius 1 is 0.806 bits per heavy atom. The lowest BCUT2D eigenvalue weighted by molar-refractivity contribution is 0.574. The van der Waals surface area contributed by atoms with Gasteiger partial charge in [0.15, 0.2) is 0 Å². The normalized spacial score (nSPS) is 11.5. The smallest absolute Gasteiger partial charge is 0.127 e. The van der Waals surface area contributed by atoms with Gasteiger partial charge in [0.25, 0.3) is 0 Å². The van der Waals surface area contributed by atoms with Gasteiger partial charge in [-0.1, -0.05) is 26.0 Å². The second kappa shape index (κ2) is 9.21. The van der Waals surface area contributed by atoms with E-state index in [1.165, 1.54) is 27.8 Å². The van der Waals surface area contributed by atoms with Crippen LogP contribution >= 0.6 is 0 Å². The standard InChI is InChI=1S/C28H35FN2/c1-16(2)13-22-9-10-23(14-25(22)29)27-18(5)20(7)28(21(8)19(27)6)24-11-12-26(30-15-24)31-17(3)4/h9-12,14-17H,13H2,1-8H3,(H,30,31). The van der Waals surface area contributed by atoms with Crippen LogP contribution in [-0.2, 0) is 6.42 Å². The van der Waals surface area contributed by atoms with Gasteiger partial charge >= 0.3 is 0 Å². The van der Waals surface area contributed by atoms with E-state index in [-0.39, 0.29) is 5.82 Å². The predicted molar refractivity (Wildman–Crippen MR) is 131 cm³/mol. The Bertz CT molecular complexity index is 1050. The maximum absolute atomic E-state index is 14.8. The van der Waals surface area contributed by atoms with Gasteiger partial charge in [-0.2, -0.15) is 0 Å². The van der Waals surface area contributed by atoms with Crippen molar-refractivity contribution in [2.45, 2.75) is 67.9 Å². The summed E-state index contributed by atoms with van der Waals surface area (Å²) < 4.78 is 14.8. The van der Waals surface area contributed by atoms with E-state index < -0.39 is 0 Å². The molecule has 31 heavy (non-hydrogen) atoms. The fraction of sp³-hybridized carbons (Fsp3) is 0.393. The van der Waals surface area contributed by atoms with E-state index in [4.69, 9.17) is 0 Å². The van der Waals surface area contributed by atoms with Gasteiger partial charge in [-0.3, -0.25) is 0 Å². The number of hydrogen-bond acceptors (Lipinski definition) is 2. The van der Waals surface area contributed by atoms with Crippen LogP contribution in [0.1, 0.15) is 55.5 Å². The molecule has 1 N–H and O–H groups in total. The predicted octanol–water partition coefficient (Wildman–Crippen LogP) is 7.81. The summed E-state index contributed by atoms with van der Waals surface area (Å²) in [6, 6.07) is 10.2. The Hall–Kier alpha value is -2.68. The van der Waals surface area contributed by atoms with Crippen molar-refractivity contribution >= 4 is 5.82 Å². The van der Waals surface area contributed by atoms with E-state index in [9.17, 15) is 4.39 Å². The van der Waals surface area contributed by atoms with Crippen LogP contribution in [0.2, 0.25) is 0 Å². The monoisotopic (exact) mass is 418 g/mol. The molecule has 0 saturated carbocycles. The Morgan fingerprint density at radius 2 is 1.35 bits per heavy atom. The summed E-state index contributed by atoms with van der Waals surface area (Å²) in [4.78, 5) is 4.60. The topological polar surface area (TPSA) is 24.9 Å². The number of rotatable bonds is 6. The molecule has 0 radical (unpaired) electrons. The minimum Gasteiger partial charge on any atom is -0.368 e. The average molecular weight is 419 g/mol. The van der Waals surface area contributed by atoms with Crippen LogP contribution in [0.25, 0.3) is 22.3 Å². The largest absolute Gasteiger partial charge is 0.368 e. The fourth-order valence-electron chi connectivity index (χ4n) is 4.41. The SMILES string of the molecule is Cc1c(C)c(-c2ccc(CC(C)C)c(F)c2)c(C)c(C)c1-c1ccc(NC(C)C)nc1. The van der Waals surface area contributed by atoms with Crippen LogP contribution in [0.15, 0.2) is 36.5 Å². The van der Waals surface area contributed by atoms with Crippen molar-refractivity contribution in [3.8, 4) is 22.3 Å². The highest BCUT2D eigenvalue weighted by molar-refractivity contribution is 5.82. The summed E-state index contributed by atoms with van der Waals surface area (Å²) in [6.45, 7) is 17.0. The molecule has 3 rings (SSSR count). The molecule has 0 aliphatic carbocycles. The zero-order valence-corrected chi connectivity index (χ0v) is 20.2. The van der Waals surface area contributed by atoms with Gasteiger partial charge in [0.1, 0.15) is 11.6 Å². The first kappa shape index (κ1) is 23.0. The van der Waals surface area contributed by atoms with Crippen LogP contribution in [0.5, 0.6) is 0 Å². The molecule has 2 nitrogen and oxygen atoms in total. The molecule has 0 fully saturated rings. The molecule has 3 aromatic rings. The second-order valence-corrected chi connectivity index (χ2v) is 9.39. The molecule has 164 valence electrons. The molecule has 0 spiro atoms. The number of benzene rings is 2. The van der Waals surface area contributed by atoms with Crippen LogP contribution in [0, 0.1) is 39.4 Å². The van der Waals surface area contributed by atoms with E-state index in [2.05, 4.69) is 77.8 Å². The van der Waals surface area contributed by atoms with Crippen LogP contribution < -0.4 is 5.32 Å². The third-order valence-corrected chi connectivity index (χ3v) is 6.08. The van der Waals surface area contributed by atoms with Gasteiger partial charge in [0, 0.05) is 17.8 Å². The third-order valence-electron chi connectivity index (χ3n) is 6.08. The van der Waals surface area contributed by atoms with Crippen LogP contribution in [-0.4, -0.2) is 11.0 Å². The minimum atomic E-state index is -0.109. The van der Waals surface area contributed by atoms with E-state index >= 15 is 0 Å². The Kier molecular flexibility index (Phi) is 6.83. The van der Waals surface area contributed by atoms with Gasteiger partial charge in [-0.15, -0.1) is 0 Å². The van der Waals surface area contributed by atoms with E-state index in [0.717, 1.165) is 34.5 Å². The van der Waals surface area contributed by atoms with Gasteiger partial charge in [0.05, 0.1) is 0 Å². The van der Waals surface area contributed by atoms with E-state index in [1.54, 1.807) is 6.07 Å². The zero-order valence-electron chi connectivity index (χ0n) is 20.2. The van der Waals surface area contributed by atoms with Crippen molar-refractivity contribution in [2.75, 3.05) is 5.32 Å². The molecule has 0 aliphatic rings. The quantitative estimate of drug-likeness (QED) is 0.441. The maximum atomic E-state index is 14.8. The molecule has 1 heterocycles. The zero-order chi connectivity index (χ0) is 22.9. The number of halogens is 1. The number of nitrogens with one attached hydrogen (secondary N) is 1. The molecule has 0 saturated heterocycles. The van der Waals surface area contributed by atoms with Crippen molar-refractivity contribution in [3.05, 3.63) is 70.2 Å². The van der Waals surface area contributed by atoms with Crippen LogP contribution in [0.4, 0.5) is 10.2 Å². The third kappa shape index (κ3) is 4.81. The Morgan fingerprint density at radius 3 is 1.81 bits per heavy atom. The van der Waals surface area contributed by atoms with E-state index in [1.807, 2.05) is 18.3 Å². The molecular weight excluding hydrogens is 383 g/mol. The first-order chi connectivity index (χ1) is 14.6. The number of nitrogens with zero attached hydrogens (tertiary/aromatic N) is 1. The second-order valence-electron chi connectivity index (χ2n) is 9.39. The fourth-order valence-corrected chi connectivity index (χ4v) is 4.41. The minimum absolute atomic E-state index is 0.109. The van der Waals surface area contributed by atoms with E-state index in [0.29, 0.717) is 12.0 Å². The summed E-state index contributed by atoms with van der Waals surface area (Å²) in [6.07, 6.45) is 2.70. The molecule has 0 unspecified atom stereocenters. The number of aromatic nitrogens is 1. The Balaban J connectivity index is 2.08. The highest BCUT2D eigenvalue weighted by Gasteiger charge is 2.18. The number of anilines is 1. The van der Waals surface area contributed by atoms with Gasteiger partial charge in [-0.05, 0) is 117 Å². The molecular formula is C28H35FN2. The highest BCUT2D eigenvalue weighted by Crippen LogP contribution is 2.39. The first-order valence-corrected chi connectivity index (χ1v) is 11.2. The number of pyridine rings is 1. The van der Waals surface area contributed by atoms with Crippen molar-refractivity contribution in [2.24, 2.45) is 5.92 Å². The van der Waals surface area contributed by atoms with Gasteiger partial charge in [0.2, 0.25) is 0 Å². The van der Waals surface area contributed by atoms with Crippen LogP contribution in [0.3, 0.4) is 0 Å². The Labute approximate surface area is 186 Å². The lowest BCUT2D eigenvalue weighted by atomic mass is 9.83. The summed E-state index contributed by atoms with van der Waals surface area (Å²) in [7, 11) is 0. The average Bonchev–Trinajstić information content (AvgIpc) is 2.69. The summed E-state index contributed by atoms with van der Waals surface area (Å²) in [5.74, 6) is 1.21. The molecule has 2 aromatic carbocycles. The lowest BCUT2D eigenvalue weighted by Gasteiger charge is -2.22. The van der Waals surface area contributed by atoms with Gasteiger partial charge < -0.3 is 5.32 Å². The first-order valence-electron chi connectivity index (χ1n) is 11.2. The molecule has 3 heteroatoms. The summed E-state index contributed by atoms with van der Waals surface area (Å²) in [5.41, 5.74) is 10.0.